The van der Waals surface area contributed by atoms with Crippen LogP contribution in [0, 0.1) is 0 Å². The van der Waals surface area contributed by atoms with Gasteiger partial charge < -0.3 is 15.4 Å². The third-order valence-electron chi connectivity index (χ3n) is 2.71. The molecule has 0 saturated heterocycles. The molecule has 0 aromatic carbocycles. The third-order valence-corrected chi connectivity index (χ3v) is 3.94. The fourth-order valence-electron chi connectivity index (χ4n) is 1.74. The van der Waals surface area contributed by atoms with Gasteiger partial charge in [0.15, 0.2) is 0 Å². The molecule has 0 saturated carbocycles. The van der Waals surface area contributed by atoms with E-state index in [-0.39, 0.29) is 0 Å². The molecule has 0 aliphatic carbocycles. The number of hydrogen-bond donors (Lipinski definition) is 2. The summed E-state index contributed by atoms with van der Waals surface area (Å²) in [5, 5.41) is 6.30. The molecule has 7 heteroatoms. The Morgan fingerprint density at radius 2 is 1.71 bits per heavy atom. The normalized spacial score (nSPS) is 10.4. The zero-order valence-electron chi connectivity index (χ0n) is 12.6. The van der Waals surface area contributed by atoms with Gasteiger partial charge in [-0.2, -0.15) is 15.0 Å². The summed E-state index contributed by atoms with van der Waals surface area (Å²) in [4.78, 5) is 15.4. The number of ether oxygens (including phenoxy) is 1. The van der Waals surface area contributed by atoms with Gasteiger partial charge in [-0.3, -0.25) is 0 Å². The molecule has 0 aliphatic heterocycles. The van der Waals surface area contributed by atoms with Crippen LogP contribution >= 0.6 is 11.3 Å². The topological polar surface area (TPSA) is 72.0 Å². The van der Waals surface area contributed by atoms with Gasteiger partial charge in [-0.05, 0) is 32.4 Å². The molecule has 114 valence electrons. The zero-order valence-corrected chi connectivity index (χ0v) is 13.5. The van der Waals surface area contributed by atoms with Crippen LogP contribution in [-0.2, 0) is 13.0 Å². The number of nitrogens with one attached hydrogen (secondary N) is 2. The average molecular weight is 307 g/mol. The molecule has 6 nitrogen and oxygen atoms in total. The average Bonchev–Trinajstić information content (AvgIpc) is 2.94. The summed E-state index contributed by atoms with van der Waals surface area (Å²) >= 11 is 1.80. The van der Waals surface area contributed by atoms with Crippen molar-refractivity contribution in [1.29, 1.82) is 0 Å². The van der Waals surface area contributed by atoms with Crippen molar-refractivity contribution in [2.45, 2.75) is 33.7 Å². The van der Waals surface area contributed by atoms with Crippen LogP contribution in [0.4, 0.5) is 11.9 Å². The van der Waals surface area contributed by atoms with E-state index in [4.69, 9.17) is 4.74 Å². The van der Waals surface area contributed by atoms with E-state index in [9.17, 15) is 0 Å². The first-order chi connectivity index (χ1) is 10.2. The SMILES string of the molecule is CCNc1nc(NCc2ccc(CC)s2)nc(OCC)n1. The summed E-state index contributed by atoms with van der Waals surface area (Å²) in [6.45, 7) is 8.04. The zero-order chi connectivity index (χ0) is 15.1. The van der Waals surface area contributed by atoms with Crippen molar-refractivity contribution in [3.05, 3.63) is 21.9 Å². The largest absolute Gasteiger partial charge is 0.464 e. The van der Waals surface area contributed by atoms with E-state index in [0.29, 0.717) is 31.1 Å². The van der Waals surface area contributed by atoms with Crippen LogP contribution in [0.3, 0.4) is 0 Å². The highest BCUT2D eigenvalue weighted by atomic mass is 32.1. The lowest BCUT2D eigenvalue weighted by Crippen LogP contribution is -2.10. The van der Waals surface area contributed by atoms with Crippen molar-refractivity contribution in [3.8, 4) is 6.01 Å². The van der Waals surface area contributed by atoms with Crippen LogP contribution in [0.25, 0.3) is 0 Å². The maximum atomic E-state index is 5.37. The molecule has 0 aliphatic rings. The number of aryl methyl sites for hydroxylation is 1. The Balaban J connectivity index is 2.06. The Hall–Kier alpha value is -1.89. The van der Waals surface area contributed by atoms with Crippen LogP contribution in [0.15, 0.2) is 12.1 Å². The molecular formula is C14H21N5OS. The van der Waals surface area contributed by atoms with E-state index < -0.39 is 0 Å². The number of hydrogen-bond acceptors (Lipinski definition) is 7. The Morgan fingerprint density at radius 3 is 2.33 bits per heavy atom. The maximum absolute atomic E-state index is 5.37. The predicted molar refractivity (Wildman–Crippen MR) is 86.2 cm³/mol. The van der Waals surface area contributed by atoms with Gasteiger partial charge in [0.05, 0.1) is 13.2 Å². The Labute approximate surface area is 129 Å². The molecule has 2 aromatic heterocycles. The lowest BCUT2D eigenvalue weighted by molar-refractivity contribution is 0.312. The van der Waals surface area contributed by atoms with E-state index >= 15 is 0 Å². The Bertz CT molecular complexity index is 548. The van der Waals surface area contributed by atoms with Crippen LogP contribution < -0.4 is 15.4 Å². The quantitative estimate of drug-likeness (QED) is 0.781. The summed E-state index contributed by atoms with van der Waals surface area (Å²) in [6.07, 6.45) is 1.06. The second kappa shape index (κ2) is 7.78. The van der Waals surface area contributed by atoms with E-state index in [0.717, 1.165) is 13.0 Å². The lowest BCUT2D eigenvalue weighted by atomic mass is 10.4. The van der Waals surface area contributed by atoms with Crippen molar-refractivity contribution in [2.75, 3.05) is 23.8 Å². The summed E-state index contributed by atoms with van der Waals surface area (Å²) in [5.41, 5.74) is 0. The van der Waals surface area contributed by atoms with E-state index in [1.165, 1.54) is 9.75 Å². The van der Waals surface area contributed by atoms with Crippen LogP contribution in [0.2, 0.25) is 0 Å². The minimum absolute atomic E-state index is 0.339. The standard InChI is InChI=1S/C14H21N5OS/c1-4-10-7-8-11(21-10)9-16-13-17-12(15-5-2)18-14(19-13)20-6-3/h7-8H,4-6,9H2,1-3H3,(H2,15,16,17,18,19). The molecule has 0 atom stereocenters. The molecule has 0 amide bonds. The first kappa shape index (κ1) is 15.5. The van der Waals surface area contributed by atoms with Gasteiger partial charge in [0.2, 0.25) is 11.9 Å². The molecule has 21 heavy (non-hydrogen) atoms. The predicted octanol–water partition coefficient (Wildman–Crippen LogP) is 2.94. The first-order valence-electron chi connectivity index (χ1n) is 7.19. The molecule has 2 rings (SSSR count). The molecule has 2 aromatic rings. The van der Waals surface area contributed by atoms with Crippen LogP contribution in [0.5, 0.6) is 6.01 Å². The number of thiophene rings is 1. The van der Waals surface area contributed by atoms with Gasteiger partial charge in [-0.1, -0.05) is 6.92 Å². The molecule has 0 fully saturated rings. The summed E-state index contributed by atoms with van der Waals surface area (Å²) in [7, 11) is 0. The third kappa shape index (κ3) is 4.56. The van der Waals surface area contributed by atoms with E-state index in [1.807, 2.05) is 13.8 Å². The van der Waals surface area contributed by atoms with Crippen molar-refractivity contribution >= 4 is 23.2 Å². The second-order valence-corrected chi connectivity index (χ2v) is 5.56. The fourth-order valence-corrected chi connectivity index (χ4v) is 2.64. The van der Waals surface area contributed by atoms with Gasteiger partial charge in [-0.25, -0.2) is 0 Å². The fraction of sp³-hybridized carbons (Fsp3) is 0.500. The highest BCUT2D eigenvalue weighted by Crippen LogP contribution is 2.18. The minimum Gasteiger partial charge on any atom is -0.464 e. The summed E-state index contributed by atoms with van der Waals surface area (Å²) in [6, 6.07) is 4.63. The van der Waals surface area contributed by atoms with Gasteiger partial charge >= 0.3 is 6.01 Å². The molecule has 0 unspecified atom stereocenters. The Kier molecular flexibility index (Phi) is 5.74. The second-order valence-electron chi connectivity index (χ2n) is 4.30. The van der Waals surface area contributed by atoms with Gasteiger partial charge in [-0.15, -0.1) is 11.3 Å². The van der Waals surface area contributed by atoms with Crippen molar-refractivity contribution in [2.24, 2.45) is 0 Å². The first-order valence-corrected chi connectivity index (χ1v) is 8.01. The van der Waals surface area contributed by atoms with Gasteiger partial charge in [0, 0.05) is 16.3 Å². The van der Waals surface area contributed by atoms with Gasteiger partial charge in [0.1, 0.15) is 0 Å². The molecule has 2 heterocycles. The molecule has 0 spiro atoms. The van der Waals surface area contributed by atoms with Crippen LogP contribution in [-0.4, -0.2) is 28.1 Å². The highest BCUT2D eigenvalue weighted by molar-refractivity contribution is 7.12. The smallest absolute Gasteiger partial charge is 0.323 e. The summed E-state index contributed by atoms with van der Waals surface area (Å²) in [5.74, 6) is 1.05. The minimum atomic E-state index is 0.339. The summed E-state index contributed by atoms with van der Waals surface area (Å²) < 4.78 is 5.37. The monoisotopic (exact) mass is 307 g/mol. The highest BCUT2D eigenvalue weighted by Gasteiger charge is 2.07. The maximum Gasteiger partial charge on any atom is 0.323 e. The Morgan fingerprint density at radius 1 is 1.00 bits per heavy atom. The number of nitrogens with zero attached hydrogens (tertiary/aromatic N) is 3. The number of anilines is 2. The lowest BCUT2D eigenvalue weighted by Gasteiger charge is -2.08. The molecule has 0 bridgehead atoms. The van der Waals surface area contributed by atoms with Crippen LogP contribution in [0.1, 0.15) is 30.5 Å². The molecule has 0 radical (unpaired) electrons. The molecule has 2 N–H and O–H groups in total. The molecular weight excluding hydrogens is 286 g/mol. The number of rotatable bonds is 8. The van der Waals surface area contributed by atoms with E-state index in [2.05, 4.69) is 44.6 Å². The van der Waals surface area contributed by atoms with E-state index in [1.54, 1.807) is 11.3 Å². The van der Waals surface area contributed by atoms with Gasteiger partial charge in [0.25, 0.3) is 0 Å². The van der Waals surface area contributed by atoms with Crippen molar-refractivity contribution in [3.63, 3.8) is 0 Å². The van der Waals surface area contributed by atoms with Crippen molar-refractivity contribution in [1.82, 2.24) is 15.0 Å². The number of aromatic nitrogens is 3. The van der Waals surface area contributed by atoms with Crippen molar-refractivity contribution < 1.29 is 4.74 Å².